The lowest BCUT2D eigenvalue weighted by molar-refractivity contribution is -0.128. The average molecular weight is 393 g/mol. The van der Waals surface area contributed by atoms with Crippen molar-refractivity contribution in [2.24, 2.45) is 0 Å². The van der Waals surface area contributed by atoms with Crippen LogP contribution in [-0.4, -0.2) is 59.8 Å². The molecule has 0 aliphatic carbocycles. The van der Waals surface area contributed by atoms with Crippen LogP contribution in [0.2, 0.25) is 5.02 Å². The summed E-state index contributed by atoms with van der Waals surface area (Å²) in [4.78, 5) is 25.0. The summed E-state index contributed by atoms with van der Waals surface area (Å²) in [5, 5.41) is 0.730. The summed E-state index contributed by atoms with van der Waals surface area (Å²) in [6, 6.07) is 7.74. The monoisotopic (exact) mass is 392 g/mol. The fourth-order valence-electron chi connectivity index (χ4n) is 2.70. The third-order valence-corrected chi connectivity index (χ3v) is 5.41. The summed E-state index contributed by atoms with van der Waals surface area (Å²) in [7, 11) is 1.58. The molecule has 3 rings (SSSR count). The first-order valence-corrected chi connectivity index (χ1v) is 9.90. The Balaban J connectivity index is 1.43. The molecular formula is C18H21ClN4O2S. The molecule has 1 saturated heterocycles. The number of ether oxygens (including phenoxy) is 1. The first-order chi connectivity index (χ1) is 12.7. The van der Waals surface area contributed by atoms with Crippen LogP contribution in [0, 0.1) is 0 Å². The minimum atomic E-state index is 0.181. The number of nitrogens with zero attached hydrogens (tertiary/aromatic N) is 4. The van der Waals surface area contributed by atoms with Crippen LogP contribution in [0.15, 0.2) is 36.7 Å². The standard InChI is InChI=1S/C18H21ClN4O2S/c1-25-17-11-20-10-16(21-17)22-6-8-23(9-7-22)18(24)13-26-12-14-2-4-15(19)5-3-14/h2-5,10-11H,6-9,12-13H2,1H3. The van der Waals surface area contributed by atoms with Crippen molar-refractivity contribution in [3.8, 4) is 5.88 Å². The van der Waals surface area contributed by atoms with Gasteiger partial charge in [-0.05, 0) is 17.7 Å². The fourth-order valence-corrected chi connectivity index (χ4v) is 3.72. The molecular weight excluding hydrogens is 372 g/mol. The van der Waals surface area contributed by atoms with Gasteiger partial charge in [-0.15, -0.1) is 11.8 Å². The summed E-state index contributed by atoms with van der Waals surface area (Å²) in [5.41, 5.74) is 1.17. The molecule has 1 aliphatic heterocycles. The number of halogens is 1. The van der Waals surface area contributed by atoms with Gasteiger partial charge in [-0.25, -0.2) is 0 Å². The van der Waals surface area contributed by atoms with E-state index in [1.807, 2.05) is 29.2 Å². The lowest BCUT2D eigenvalue weighted by Gasteiger charge is -2.35. The summed E-state index contributed by atoms with van der Waals surface area (Å²) < 4.78 is 5.12. The molecule has 6 nitrogen and oxygen atoms in total. The SMILES string of the molecule is COc1cncc(N2CCN(C(=O)CSCc3ccc(Cl)cc3)CC2)n1. The van der Waals surface area contributed by atoms with Crippen LogP contribution in [-0.2, 0) is 10.5 Å². The topological polar surface area (TPSA) is 58.6 Å². The number of aromatic nitrogens is 2. The number of amides is 1. The van der Waals surface area contributed by atoms with Crippen molar-refractivity contribution in [2.45, 2.75) is 5.75 Å². The predicted molar refractivity (Wildman–Crippen MR) is 105 cm³/mol. The van der Waals surface area contributed by atoms with Crippen LogP contribution in [0.3, 0.4) is 0 Å². The number of benzene rings is 1. The molecule has 26 heavy (non-hydrogen) atoms. The smallest absolute Gasteiger partial charge is 0.233 e. The number of anilines is 1. The predicted octanol–water partition coefficient (Wildman–Crippen LogP) is 2.72. The van der Waals surface area contributed by atoms with Crippen LogP contribution in [0.4, 0.5) is 5.82 Å². The molecule has 0 spiro atoms. The largest absolute Gasteiger partial charge is 0.480 e. The van der Waals surface area contributed by atoms with E-state index in [0.717, 1.165) is 29.7 Å². The van der Waals surface area contributed by atoms with Gasteiger partial charge in [0.25, 0.3) is 0 Å². The maximum atomic E-state index is 12.4. The third kappa shape index (κ3) is 5.02. The first kappa shape index (κ1) is 18.8. The highest BCUT2D eigenvalue weighted by Crippen LogP contribution is 2.18. The number of methoxy groups -OCH3 is 1. The van der Waals surface area contributed by atoms with Gasteiger partial charge in [0.15, 0.2) is 5.82 Å². The van der Waals surface area contributed by atoms with E-state index in [4.69, 9.17) is 16.3 Å². The van der Waals surface area contributed by atoms with E-state index in [0.29, 0.717) is 24.7 Å². The van der Waals surface area contributed by atoms with E-state index >= 15 is 0 Å². The summed E-state index contributed by atoms with van der Waals surface area (Å²) >= 11 is 7.51. The molecule has 2 heterocycles. The highest BCUT2D eigenvalue weighted by atomic mass is 35.5. The molecule has 1 amide bonds. The van der Waals surface area contributed by atoms with Gasteiger partial charge in [-0.2, -0.15) is 4.98 Å². The van der Waals surface area contributed by atoms with E-state index in [1.165, 1.54) is 5.56 Å². The molecule has 2 aromatic rings. The molecule has 0 saturated carbocycles. The highest BCUT2D eigenvalue weighted by molar-refractivity contribution is 7.99. The number of piperazine rings is 1. The maximum absolute atomic E-state index is 12.4. The van der Waals surface area contributed by atoms with Gasteiger partial charge in [0.2, 0.25) is 11.8 Å². The Morgan fingerprint density at radius 3 is 2.62 bits per heavy atom. The first-order valence-electron chi connectivity index (χ1n) is 8.36. The Morgan fingerprint density at radius 2 is 1.92 bits per heavy atom. The summed E-state index contributed by atoms with van der Waals surface area (Å²) in [6.07, 6.45) is 3.31. The zero-order valence-corrected chi connectivity index (χ0v) is 16.2. The molecule has 8 heteroatoms. The Morgan fingerprint density at radius 1 is 1.19 bits per heavy atom. The molecule has 1 aromatic heterocycles. The van der Waals surface area contributed by atoms with Crippen LogP contribution in [0.1, 0.15) is 5.56 Å². The number of rotatable bonds is 6. The van der Waals surface area contributed by atoms with Gasteiger partial charge in [0.05, 0.1) is 25.3 Å². The van der Waals surface area contributed by atoms with Crippen molar-refractivity contribution in [1.82, 2.24) is 14.9 Å². The zero-order valence-electron chi connectivity index (χ0n) is 14.6. The number of hydrogen-bond acceptors (Lipinski definition) is 6. The number of thioether (sulfide) groups is 1. The van der Waals surface area contributed by atoms with Crippen LogP contribution in [0.25, 0.3) is 0 Å². The molecule has 0 atom stereocenters. The lowest BCUT2D eigenvalue weighted by Crippen LogP contribution is -2.49. The summed E-state index contributed by atoms with van der Waals surface area (Å²) in [6.45, 7) is 2.88. The van der Waals surface area contributed by atoms with Crippen LogP contribution in [0.5, 0.6) is 5.88 Å². The van der Waals surface area contributed by atoms with Crippen molar-refractivity contribution < 1.29 is 9.53 Å². The van der Waals surface area contributed by atoms with Crippen molar-refractivity contribution in [2.75, 3.05) is 43.9 Å². The molecule has 1 fully saturated rings. The molecule has 0 unspecified atom stereocenters. The summed E-state index contributed by atoms with van der Waals surface area (Å²) in [5.74, 6) is 2.76. The lowest BCUT2D eigenvalue weighted by atomic mass is 10.2. The van der Waals surface area contributed by atoms with Gasteiger partial charge in [-0.1, -0.05) is 23.7 Å². The van der Waals surface area contributed by atoms with Crippen LogP contribution >= 0.6 is 23.4 Å². The fraction of sp³-hybridized carbons (Fsp3) is 0.389. The number of carbonyl (C=O) groups excluding carboxylic acids is 1. The molecule has 0 N–H and O–H groups in total. The average Bonchev–Trinajstić information content (AvgIpc) is 2.69. The Hall–Kier alpha value is -1.99. The van der Waals surface area contributed by atoms with Crippen molar-refractivity contribution in [3.63, 3.8) is 0 Å². The van der Waals surface area contributed by atoms with Crippen molar-refractivity contribution in [3.05, 3.63) is 47.2 Å². The van der Waals surface area contributed by atoms with Crippen molar-refractivity contribution >= 4 is 35.1 Å². The van der Waals surface area contributed by atoms with Crippen LogP contribution < -0.4 is 9.64 Å². The minimum Gasteiger partial charge on any atom is -0.480 e. The maximum Gasteiger partial charge on any atom is 0.233 e. The Labute approximate surface area is 162 Å². The highest BCUT2D eigenvalue weighted by Gasteiger charge is 2.22. The Kier molecular flexibility index (Phi) is 6.57. The van der Waals surface area contributed by atoms with Gasteiger partial charge in [0.1, 0.15) is 0 Å². The van der Waals surface area contributed by atoms with E-state index in [-0.39, 0.29) is 5.91 Å². The molecule has 0 radical (unpaired) electrons. The van der Waals surface area contributed by atoms with Crippen molar-refractivity contribution in [1.29, 1.82) is 0 Å². The van der Waals surface area contributed by atoms with E-state index in [1.54, 1.807) is 31.3 Å². The molecule has 1 aliphatic rings. The quantitative estimate of drug-likeness (QED) is 0.753. The van der Waals surface area contributed by atoms with E-state index < -0.39 is 0 Å². The van der Waals surface area contributed by atoms with Gasteiger partial charge in [-0.3, -0.25) is 9.78 Å². The van der Waals surface area contributed by atoms with Gasteiger partial charge in [0, 0.05) is 37.0 Å². The molecule has 138 valence electrons. The van der Waals surface area contributed by atoms with E-state index in [2.05, 4.69) is 14.9 Å². The normalized spacial score (nSPS) is 14.4. The molecule has 1 aromatic carbocycles. The second-order valence-corrected chi connectivity index (χ2v) is 7.33. The number of hydrogen-bond donors (Lipinski definition) is 0. The second-order valence-electron chi connectivity index (χ2n) is 5.91. The Bertz CT molecular complexity index is 736. The zero-order chi connectivity index (χ0) is 18.4. The number of carbonyl (C=O) groups is 1. The molecule has 0 bridgehead atoms. The van der Waals surface area contributed by atoms with E-state index in [9.17, 15) is 4.79 Å². The van der Waals surface area contributed by atoms with Gasteiger partial charge < -0.3 is 14.5 Å². The second kappa shape index (κ2) is 9.09. The third-order valence-electron chi connectivity index (χ3n) is 4.17. The minimum absolute atomic E-state index is 0.181. The van der Waals surface area contributed by atoms with Gasteiger partial charge >= 0.3 is 0 Å².